The van der Waals surface area contributed by atoms with Crippen LogP contribution in [0.5, 0.6) is 0 Å². The molecule has 2 saturated heterocycles. The van der Waals surface area contributed by atoms with Crippen LogP contribution in [0, 0.1) is 0 Å². The van der Waals surface area contributed by atoms with Crippen molar-refractivity contribution in [1.29, 1.82) is 0 Å². The molecule has 4 atom stereocenters. The van der Waals surface area contributed by atoms with Gasteiger partial charge in [0.2, 0.25) is 0 Å². The number of aliphatic imine (C=N–C) groups is 1. The highest BCUT2D eigenvalue weighted by atomic mass is 127. The molecule has 2 heterocycles. The highest BCUT2D eigenvalue weighted by Gasteiger charge is 2.41. The summed E-state index contributed by atoms with van der Waals surface area (Å²) in [5, 5.41) is 8.08. The van der Waals surface area contributed by atoms with Crippen LogP contribution in [0.4, 0.5) is 0 Å². The van der Waals surface area contributed by atoms with Gasteiger partial charge in [-0.1, -0.05) is 23.7 Å². The highest BCUT2D eigenvalue weighted by Crippen LogP contribution is 2.34. The maximum absolute atomic E-state index is 6.11. The summed E-state index contributed by atoms with van der Waals surface area (Å²) in [5.74, 6) is 0.854. The Morgan fingerprint density at radius 1 is 1.46 bits per heavy atom. The molecule has 0 spiro atoms. The summed E-state index contributed by atoms with van der Waals surface area (Å²) in [7, 11) is 1.82. The third-order valence-corrected chi connectivity index (χ3v) is 5.85. The molecule has 2 N–H and O–H groups in total. The summed E-state index contributed by atoms with van der Waals surface area (Å²) in [6, 6.07) is 8.45. The first kappa shape index (κ1) is 20.1. The van der Waals surface area contributed by atoms with E-state index in [1.807, 2.05) is 37.0 Å². The molecule has 2 fully saturated rings. The van der Waals surface area contributed by atoms with Crippen LogP contribution >= 0.6 is 47.3 Å². The number of hydrogen-bond donors (Lipinski definition) is 2. The standard InChI is InChI=1S/C17H24ClN3OS.HI/c1-19-17(21-14-9-13-6-7-15(14)22-13)20-10-16(23-2)11-4-3-5-12(18)8-11;/h3-5,8,13-16H,6-7,9-10H2,1-2H3,(H2,19,20,21);1H. The van der Waals surface area contributed by atoms with Gasteiger partial charge in [0, 0.05) is 23.9 Å². The number of guanidine groups is 1. The maximum atomic E-state index is 6.11. The molecule has 1 aromatic rings. The number of ether oxygens (including phenoxy) is 1. The average molecular weight is 482 g/mol. The molecule has 3 rings (SSSR count). The Hall–Kier alpha value is -0.180. The molecule has 134 valence electrons. The lowest BCUT2D eigenvalue weighted by Crippen LogP contribution is -2.48. The van der Waals surface area contributed by atoms with Crippen LogP contribution in [0.25, 0.3) is 0 Å². The lowest BCUT2D eigenvalue weighted by molar-refractivity contribution is 0.0992. The molecule has 7 heteroatoms. The van der Waals surface area contributed by atoms with Gasteiger partial charge in [0.1, 0.15) is 0 Å². The first-order valence-corrected chi connectivity index (χ1v) is 9.77. The second kappa shape index (κ2) is 9.50. The molecule has 4 unspecified atom stereocenters. The Balaban J connectivity index is 0.00000208. The van der Waals surface area contributed by atoms with Crippen molar-refractivity contribution in [2.24, 2.45) is 4.99 Å². The quantitative estimate of drug-likeness (QED) is 0.381. The second-order valence-electron chi connectivity index (χ2n) is 6.09. The molecule has 0 saturated carbocycles. The van der Waals surface area contributed by atoms with Crippen LogP contribution in [0.3, 0.4) is 0 Å². The summed E-state index contributed by atoms with van der Waals surface area (Å²) in [4.78, 5) is 4.36. The van der Waals surface area contributed by atoms with Gasteiger partial charge in [0.25, 0.3) is 0 Å². The normalized spacial score (nSPS) is 26.8. The summed E-state index contributed by atoms with van der Waals surface area (Å²) in [6.07, 6.45) is 6.37. The molecule has 2 aliphatic heterocycles. The zero-order valence-electron chi connectivity index (χ0n) is 14.0. The fourth-order valence-corrected chi connectivity index (χ4v) is 4.26. The molecule has 4 nitrogen and oxygen atoms in total. The largest absolute Gasteiger partial charge is 0.373 e. The SMILES string of the molecule is CN=C(NCC(SC)c1cccc(Cl)c1)NC1CC2CCC1O2.I. The van der Waals surface area contributed by atoms with Crippen LogP contribution in [-0.2, 0) is 4.74 Å². The molecule has 24 heavy (non-hydrogen) atoms. The zero-order chi connectivity index (χ0) is 16.2. The fraction of sp³-hybridized carbons (Fsp3) is 0.588. The minimum atomic E-state index is 0. The predicted octanol–water partition coefficient (Wildman–Crippen LogP) is 3.85. The third kappa shape index (κ3) is 4.93. The van der Waals surface area contributed by atoms with Crippen LogP contribution < -0.4 is 10.6 Å². The number of fused-ring (bicyclic) bond motifs is 2. The lowest BCUT2D eigenvalue weighted by atomic mass is 9.96. The number of halogens is 2. The molecule has 0 aromatic heterocycles. The maximum Gasteiger partial charge on any atom is 0.191 e. The van der Waals surface area contributed by atoms with Gasteiger partial charge in [-0.3, -0.25) is 4.99 Å². The van der Waals surface area contributed by atoms with Crippen molar-refractivity contribution >= 4 is 53.3 Å². The Kier molecular flexibility index (Phi) is 7.97. The average Bonchev–Trinajstić information content (AvgIpc) is 3.17. The Morgan fingerprint density at radius 2 is 2.29 bits per heavy atom. The van der Waals surface area contributed by atoms with Crippen LogP contribution in [0.2, 0.25) is 5.02 Å². The van der Waals surface area contributed by atoms with E-state index in [4.69, 9.17) is 16.3 Å². The smallest absolute Gasteiger partial charge is 0.191 e. The zero-order valence-corrected chi connectivity index (χ0v) is 17.9. The summed E-state index contributed by atoms with van der Waals surface area (Å²) < 4.78 is 5.90. The van der Waals surface area contributed by atoms with Gasteiger partial charge in [-0.15, -0.1) is 24.0 Å². The number of rotatable bonds is 5. The number of nitrogens with zero attached hydrogens (tertiary/aromatic N) is 1. The minimum Gasteiger partial charge on any atom is -0.373 e. The van der Waals surface area contributed by atoms with Gasteiger partial charge in [-0.2, -0.15) is 11.8 Å². The molecule has 0 radical (unpaired) electrons. The van der Waals surface area contributed by atoms with Gasteiger partial charge in [-0.25, -0.2) is 0 Å². The second-order valence-corrected chi connectivity index (χ2v) is 7.57. The first-order valence-electron chi connectivity index (χ1n) is 8.10. The number of thioether (sulfide) groups is 1. The van der Waals surface area contributed by atoms with Crippen molar-refractivity contribution < 1.29 is 4.74 Å². The molecule has 0 amide bonds. The molecule has 1 aromatic carbocycles. The van der Waals surface area contributed by atoms with E-state index in [0.717, 1.165) is 30.4 Å². The minimum absolute atomic E-state index is 0. The van der Waals surface area contributed by atoms with Crippen molar-refractivity contribution in [3.63, 3.8) is 0 Å². The van der Waals surface area contributed by atoms with E-state index in [1.54, 1.807) is 0 Å². The van der Waals surface area contributed by atoms with Crippen LogP contribution in [0.1, 0.15) is 30.1 Å². The van der Waals surface area contributed by atoms with Gasteiger partial charge in [0.15, 0.2) is 5.96 Å². The monoisotopic (exact) mass is 481 g/mol. The first-order chi connectivity index (χ1) is 11.2. The van der Waals surface area contributed by atoms with Crippen molar-refractivity contribution in [2.45, 2.75) is 42.8 Å². The van der Waals surface area contributed by atoms with Gasteiger partial charge in [0.05, 0.1) is 18.2 Å². The molecule has 0 aliphatic carbocycles. The van der Waals surface area contributed by atoms with E-state index in [1.165, 1.54) is 12.0 Å². The summed E-state index contributed by atoms with van der Waals surface area (Å²) >= 11 is 7.92. The van der Waals surface area contributed by atoms with E-state index < -0.39 is 0 Å². The van der Waals surface area contributed by atoms with Crippen molar-refractivity contribution in [2.75, 3.05) is 19.8 Å². The topological polar surface area (TPSA) is 45.7 Å². The highest BCUT2D eigenvalue weighted by molar-refractivity contribution is 14.0. The van der Waals surface area contributed by atoms with Crippen molar-refractivity contribution in [3.8, 4) is 0 Å². The van der Waals surface area contributed by atoms with Crippen molar-refractivity contribution in [3.05, 3.63) is 34.9 Å². The Morgan fingerprint density at radius 3 is 2.88 bits per heavy atom. The van der Waals surface area contributed by atoms with Gasteiger partial charge in [-0.05, 0) is 43.2 Å². The number of nitrogens with one attached hydrogen (secondary N) is 2. The Labute approximate surface area is 170 Å². The molecule has 2 bridgehead atoms. The summed E-state index contributed by atoms with van der Waals surface area (Å²) in [6.45, 7) is 0.808. The summed E-state index contributed by atoms with van der Waals surface area (Å²) in [5.41, 5.74) is 1.23. The third-order valence-electron chi connectivity index (χ3n) is 4.61. The van der Waals surface area contributed by atoms with E-state index in [-0.39, 0.29) is 24.0 Å². The van der Waals surface area contributed by atoms with E-state index in [9.17, 15) is 0 Å². The van der Waals surface area contributed by atoms with Gasteiger partial charge >= 0.3 is 0 Å². The van der Waals surface area contributed by atoms with E-state index >= 15 is 0 Å². The Bertz CT molecular complexity index is 575. The lowest BCUT2D eigenvalue weighted by Gasteiger charge is -2.24. The molecular weight excluding hydrogens is 457 g/mol. The number of hydrogen-bond acceptors (Lipinski definition) is 3. The van der Waals surface area contributed by atoms with E-state index in [0.29, 0.717) is 23.5 Å². The fourth-order valence-electron chi connectivity index (χ4n) is 3.39. The van der Waals surface area contributed by atoms with Crippen LogP contribution in [-0.4, -0.2) is 44.1 Å². The molecule has 2 aliphatic rings. The van der Waals surface area contributed by atoms with Gasteiger partial charge < -0.3 is 15.4 Å². The van der Waals surface area contributed by atoms with Crippen LogP contribution in [0.15, 0.2) is 29.3 Å². The molecular formula is C17H25ClIN3OS. The number of benzene rings is 1. The van der Waals surface area contributed by atoms with Crippen molar-refractivity contribution in [1.82, 2.24) is 10.6 Å². The predicted molar refractivity (Wildman–Crippen MR) is 114 cm³/mol. The van der Waals surface area contributed by atoms with E-state index in [2.05, 4.69) is 27.9 Å².